The average molecular weight is 566 g/mol. The molecule has 3 aromatic carbocycles. The first-order valence-electron chi connectivity index (χ1n) is 12.7. The van der Waals surface area contributed by atoms with Crippen LogP contribution < -0.4 is 5.32 Å². The summed E-state index contributed by atoms with van der Waals surface area (Å²) in [7, 11) is 0. The number of nitrogens with one attached hydrogen (secondary N) is 1. The molecule has 1 unspecified atom stereocenters. The molecule has 0 aliphatic rings. The number of para-hydroxylation sites is 2. The molecule has 204 valence electrons. The van der Waals surface area contributed by atoms with Crippen LogP contribution in [0.1, 0.15) is 34.1 Å². The molecule has 0 saturated carbocycles. The lowest BCUT2D eigenvalue weighted by molar-refractivity contribution is -0.125. The zero-order valence-electron chi connectivity index (χ0n) is 21.9. The van der Waals surface area contributed by atoms with E-state index in [0.29, 0.717) is 33.0 Å². The van der Waals surface area contributed by atoms with E-state index in [4.69, 9.17) is 11.6 Å². The molecule has 1 atom stereocenters. The van der Waals surface area contributed by atoms with Crippen LogP contribution in [0.2, 0.25) is 5.02 Å². The van der Waals surface area contributed by atoms with Gasteiger partial charge in [-0.2, -0.15) is 4.68 Å². The molecule has 2 heterocycles. The number of ketones is 2. The van der Waals surface area contributed by atoms with E-state index in [1.807, 2.05) is 24.3 Å². The molecule has 41 heavy (non-hydrogen) atoms. The zero-order chi connectivity index (χ0) is 28.8. The van der Waals surface area contributed by atoms with Gasteiger partial charge < -0.3 is 5.32 Å². The van der Waals surface area contributed by atoms with E-state index in [2.05, 4.69) is 30.8 Å². The summed E-state index contributed by atoms with van der Waals surface area (Å²) in [6, 6.07) is 18.5. The first-order valence-corrected chi connectivity index (χ1v) is 13.1. The maximum atomic E-state index is 13.5. The third-order valence-corrected chi connectivity index (χ3v) is 6.59. The van der Waals surface area contributed by atoms with E-state index in [9.17, 15) is 14.4 Å². The van der Waals surface area contributed by atoms with E-state index in [1.165, 1.54) is 24.0 Å². The van der Waals surface area contributed by atoms with Gasteiger partial charge in [-0.3, -0.25) is 19.4 Å². The number of rotatable bonds is 10. The third kappa shape index (κ3) is 6.92. The molecule has 0 bridgehead atoms. The predicted octanol–water partition coefficient (Wildman–Crippen LogP) is 4.01. The van der Waals surface area contributed by atoms with Crippen molar-refractivity contribution in [3.05, 3.63) is 113 Å². The summed E-state index contributed by atoms with van der Waals surface area (Å²) in [5, 5.41) is 14.5. The lowest BCUT2D eigenvalue weighted by Crippen LogP contribution is -2.42. The molecule has 5 aromatic rings. The molecule has 0 fully saturated rings. The number of carbonyl (C=O) groups excluding carboxylic acids is 3. The van der Waals surface area contributed by atoms with Crippen LogP contribution in [0.3, 0.4) is 0 Å². The lowest BCUT2D eigenvalue weighted by Gasteiger charge is -2.17. The highest BCUT2D eigenvalue weighted by molar-refractivity contribution is 6.30. The van der Waals surface area contributed by atoms with Crippen LogP contribution in [0.25, 0.3) is 22.8 Å². The van der Waals surface area contributed by atoms with E-state index >= 15 is 0 Å². The Morgan fingerprint density at radius 2 is 1.80 bits per heavy atom. The molecule has 11 heteroatoms. The SMILES string of the molecule is CC(=O)c1ccc(CC(=O)C(Cc2cnc3ccccc3n2)NC(=O)/C=C/c2cc(Cl)ccc2-n2cnnn2)cc1. The summed E-state index contributed by atoms with van der Waals surface area (Å²) in [4.78, 5) is 47.2. The minimum Gasteiger partial charge on any atom is -0.342 e. The van der Waals surface area contributed by atoms with E-state index in [0.717, 1.165) is 11.1 Å². The minimum atomic E-state index is -0.881. The quantitative estimate of drug-likeness (QED) is 0.198. The molecular formula is C30H24ClN7O3. The normalized spacial score (nSPS) is 12.0. The summed E-state index contributed by atoms with van der Waals surface area (Å²) >= 11 is 6.18. The van der Waals surface area contributed by atoms with E-state index < -0.39 is 11.9 Å². The summed E-state index contributed by atoms with van der Waals surface area (Å²) in [6.45, 7) is 1.49. The minimum absolute atomic E-state index is 0.0578. The highest BCUT2D eigenvalue weighted by Crippen LogP contribution is 2.20. The monoisotopic (exact) mass is 565 g/mol. The number of halogens is 1. The molecule has 0 radical (unpaired) electrons. The zero-order valence-corrected chi connectivity index (χ0v) is 22.7. The van der Waals surface area contributed by atoms with Crippen molar-refractivity contribution in [2.75, 3.05) is 0 Å². The van der Waals surface area contributed by atoms with Crippen molar-refractivity contribution < 1.29 is 14.4 Å². The Kier molecular flexibility index (Phi) is 8.31. The Bertz CT molecular complexity index is 1750. The van der Waals surface area contributed by atoms with Gasteiger partial charge in [0.2, 0.25) is 5.91 Å². The topological polar surface area (TPSA) is 133 Å². The van der Waals surface area contributed by atoms with Crippen LogP contribution in [0.5, 0.6) is 0 Å². The van der Waals surface area contributed by atoms with Gasteiger partial charge in [0.1, 0.15) is 6.33 Å². The van der Waals surface area contributed by atoms with Crippen LogP contribution in [-0.2, 0) is 22.4 Å². The standard InChI is InChI=1S/C30H24ClN7O3/c1-19(39)21-8-6-20(7-9-21)14-29(40)27(16-24-17-32-25-4-2-3-5-26(25)34-24)35-30(41)13-10-22-15-23(31)11-12-28(22)38-18-33-36-37-38/h2-13,15,17-18,27H,14,16H2,1H3,(H,35,41)/b13-10+. The molecule has 0 aliphatic heterocycles. The fourth-order valence-corrected chi connectivity index (χ4v) is 4.44. The summed E-state index contributed by atoms with van der Waals surface area (Å²) in [5.74, 6) is -0.751. The van der Waals surface area contributed by atoms with E-state index in [1.54, 1.807) is 54.7 Å². The van der Waals surface area contributed by atoms with Gasteiger partial charge in [0.05, 0.1) is 28.5 Å². The largest absolute Gasteiger partial charge is 0.342 e. The average Bonchev–Trinajstić information content (AvgIpc) is 3.51. The number of fused-ring (bicyclic) bond motifs is 1. The molecule has 2 aromatic heterocycles. The van der Waals surface area contributed by atoms with E-state index in [-0.39, 0.29) is 24.4 Å². The summed E-state index contributed by atoms with van der Waals surface area (Å²) in [5.41, 5.74) is 4.50. The number of hydrogen-bond acceptors (Lipinski definition) is 8. The van der Waals surface area contributed by atoms with Gasteiger partial charge in [-0.15, -0.1) is 5.10 Å². The van der Waals surface area contributed by atoms with Crippen LogP contribution >= 0.6 is 11.6 Å². The van der Waals surface area contributed by atoms with Gasteiger partial charge in [0.15, 0.2) is 11.6 Å². The van der Waals surface area contributed by atoms with Crippen LogP contribution in [0, 0.1) is 0 Å². The van der Waals surface area contributed by atoms with Gasteiger partial charge in [0, 0.05) is 41.3 Å². The number of carbonyl (C=O) groups is 3. The Morgan fingerprint density at radius 3 is 2.54 bits per heavy atom. The number of nitrogens with zero attached hydrogens (tertiary/aromatic N) is 6. The van der Waals surface area contributed by atoms with Crippen molar-refractivity contribution in [1.82, 2.24) is 35.5 Å². The van der Waals surface area contributed by atoms with Crippen LogP contribution in [-0.4, -0.2) is 53.7 Å². The Morgan fingerprint density at radius 1 is 1.02 bits per heavy atom. The van der Waals surface area contributed by atoms with Crippen molar-refractivity contribution in [2.45, 2.75) is 25.8 Å². The van der Waals surface area contributed by atoms with Crippen molar-refractivity contribution in [3.63, 3.8) is 0 Å². The van der Waals surface area contributed by atoms with Gasteiger partial charge in [-0.25, -0.2) is 4.98 Å². The maximum Gasteiger partial charge on any atom is 0.244 e. The molecule has 10 nitrogen and oxygen atoms in total. The number of hydrogen-bond donors (Lipinski definition) is 1. The third-order valence-electron chi connectivity index (χ3n) is 6.36. The second-order valence-corrected chi connectivity index (χ2v) is 9.74. The summed E-state index contributed by atoms with van der Waals surface area (Å²) in [6.07, 6.45) is 6.16. The Hall–Kier alpha value is -5.09. The summed E-state index contributed by atoms with van der Waals surface area (Å²) < 4.78 is 1.45. The predicted molar refractivity (Wildman–Crippen MR) is 154 cm³/mol. The second-order valence-electron chi connectivity index (χ2n) is 9.30. The molecule has 0 saturated heterocycles. The lowest BCUT2D eigenvalue weighted by atomic mass is 9.98. The highest BCUT2D eigenvalue weighted by Gasteiger charge is 2.22. The number of amides is 1. The molecule has 5 rings (SSSR count). The molecule has 0 spiro atoms. The number of tetrazole rings is 1. The highest BCUT2D eigenvalue weighted by atomic mass is 35.5. The number of Topliss-reactive ketones (excluding diaryl/α,β-unsaturated/α-hetero) is 2. The second kappa shape index (κ2) is 12.4. The fourth-order valence-electron chi connectivity index (χ4n) is 4.25. The van der Waals surface area contributed by atoms with Crippen molar-refractivity contribution in [1.29, 1.82) is 0 Å². The first kappa shape index (κ1) is 27.5. The molecular weight excluding hydrogens is 542 g/mol. The number of aromatic nitrogens is 6. The van der Waals surface area contributed by atoms with Crippen LogP contribution in [0.15, 0.2) is 85.3 Å². The molecule has 1 amide bonds. The first-order chi connectivity index (χ1) is 19.9. The van der Waals surface area contributed by atoms with Crippen molar-refractivity contribution in [2.24, 2.45) is 0 Å². The Labute approximate surface area is 240 Å². The Balaban J connectivity index is 1.38. The van der Waals surface area contributed by atoms with Gasteiger partial charge in [-0.1, -0.05) is 48.0 Å². The molecule has 0 aliphatic carbocycles. The van der Waals surface area contributed by atoms with Crippen molar-refractivity contribution >= 4 is 46.2 Å². The van der Waals surface area contributed by atoms with Gasteiger partial charge in [-0.05, 0) is 59.3 Å². The van der Waals surface area contributed by atoms with Crippen LogP contribution in [0.4, 0.5) is 0 Å². The van der Waals surface area contributed by atoms with Crippen molar-refractivity contribution in [3.8, 4) is 5.69 Å². The smallest absolute Gasteiger partial charge is 0.244 e. The molecule has 1 N–H and O–H groups in total. The maximum absolute atomic E-state index is 13.5. The van der Waals surface area contributed by atoms with Gasteiger partial charge in [0.25, 0.3) is 0 Å². The van der Waals surface area contributed by atoms with Gasteiger partial charge >= 0.3 is 0 Å². The fraction of sp³-hybridized carbons (Fsp3) is 0.133. The number of benzene rings is 3.